The van der Waals surface area contributed by atoms with E-state index in [9.17, 15) is 13.6 Å². The van der Waals surface area contributed by atoms with Gasteiger partial charge in [-0.15, -0.1) is 0 Å². The molecule has 2 nitrogen and oxygen atoms in total. The average molecular weight is 149 g/mol. The summed E-state index contributed by atoms with van der Waals surface area (Å²) in [5, 5.41) is 2.34. The first kappa shape index (κ1) is 7.44. The summed E-state index contributed by atoms with van der Waals surface area (Å²) >= 11 is 0. The third kappa shape index (κ3) is 1.25. The molecule has 1 aliphatic rings. The summed E-state index contributed by atoms with van der Waals surface area (Å²) in [5.41, 5.74) is 0. The standard InChI is InChI=1S/C6H9F2NO/c1-2-9-5(10)4-3-6(4,7)8/h4H,2-3H2,1H3,(H,9,10)/t4-/m0/s1. The molecule has 0 unspecified atom stereocenters. The van der Waals surface area contributed by atoms with Gasteiger partial charge in [-0.3, -0.25) is 4.79 Å². The number of halogens is 2. The summed E-state index contributed by atoms with van der Waals surface area (Å²) in [5.74, 6) is -4.29. The second-order valence-electron chi connectivity index (χ2n) is 2.41. The fourth-order valence-corrected chi connectivity index (χ4v) is 0.795. The molecule has 1 saturated carbocycles. The van der Waals surface area contributed by atoms with Gasteiger partial charge in [-0.05, 0) is 6.92 Å². The summed E-state index contributed by atoms with van der Waals surface area (Å²) < 4.78 is 24.2. The predicted molar refractivity (Wildman–Crippen MR) is 31.7 cm³/mol. The fourth-order valence-electron chi connectivity index (χ4n) is 0.795. The van der Waals surface area contributed by atoms with Crippen LogP contribution >= 0.6 is 0 Å². The van der Waals surface area contributed by atoms with Crippen molar-refractivity contribution in [3.63, 3.8) is 0 Å². The zero-order valence-electron chi connectivity index (χ0n) is 5.66. The summed E-state index contributed by atoms with van der Waals surface area (Å²) in [6, 6.07) is 0. The second kappa shape index (κ2) is 2.18. The maximum absolute atomic E-state index is 12.1. The van der Waals surface area contributed by atoms with Crippen molar-refractivity contribution in [2.45, 2.75) is 19.3 Å². The van der Waals surface area contributed by atoms with Gasteiger partial charge in [0.05, 0.1) is 0 Å². The van der Waals surface area contributed by atoms with Crippen molar-refractivity contribution in [2.75, 3.05) is 6.54 Å². The molecule has 0 radical (unpaired) electrons. The molecule has 0 spiro atoms. The third-order valence-corrected chi connectivity index (χ3v) is 1.49. The zero-order valence-corrected chi connectivity index (χ0v) is 5.66. The molecular weight excluding hydrogens is 140 g/mol. The molecule has 0 aliphatic heterocycles. The molecule has 0 saturated heterocycles. The maximum atomic E-state index is 12.1. The predicted octanol–water partition coefficient (Wildman–Crippen LogP) is 0.778. The molecular formula is C6H9F2NO. The zero-order chi connectivity index (χ0) is 7.78. The van der Waals surface area contributed by atoms with E-state index in [-0.39, 0.29) is 6.42 Å². The van der Waals surface area contributed by atoms with Crippen molar-refractivity contribution in [3.8, 4) is 0 Å². The fraction of sp³-hybridized carbons (Fsp3) is 0.833. The molecule has 0 aromatic heterocycles. The lowest BCUT2D eigenvalue weighted by Gasteiger charge is -1.98. The molecule has 1 atom stereocenters. The van der Waals surface area contributed by atoms with E-state index in [0.29, 0.717) is 6.54 Å². The monoisotopic (exact) mass is 149 g/mol. The van der Waals surface area contributed by atoms with E-state index < -0.39 is 17.7 Å². The molecule has 0 bridgehead atoms. The van der Waals surface area contributed by atoms with E-state index in [1.165, 1.54) is 0 Å². The quantitative estimate of drug-likeness (QED) is 0.617. The van der Waals surface area contributed by atoms with Gasteiger partial charge in [0.2, 0.25) is 5.91 Å². The Hall–Kier alpha value is -0.670. The van der Waals surface area contributed by atoms with Gasteiger partial charge in [0.15, 0.2) is 0 Å². The van der Waals surface area contributed by atoms with Crippen molar-refractivity contribution in [2.24, 2.45) is 5.92 Å². The van der Waals surface area contributed by atoms with Gasteiger partial charge in [-0.25, -0.2) is 8.78 Å². The highest BCUT2D eigenvalue weighted by Crippen LogP contribution is 2.48. The number of rotatable bonds is 2. The Kier molecular flexibility index (Phi) is 1.62. The minimum Gasteiger partial charge on any atom is -0.356 e. The molecule has 1 N–H and O–H groups in total. The average Bonchev–Trinajstić information content (AvgIpc) is 2.41. The van der Waals surface area contributed by atoms with Crippen LogP contribution in [-0.4, -0.2) is 18.4 Å². The van der Waals surface area contributed by atoms with Crippen molar-refractivity contribution < 1.29 is 13.6 Å². The van der Waals surface area contributed by atoms with Crippen molar-refractivity contribution in [1.82, 2.24) is 5.32 Å². The Labute approximate surface area is 57.6 Å². The molecule has 58 valence electrons. The topological polar surface area (TPSA) is 29.1 Å². The van der Waals surface area contributed by atoms with Crippen LogP contribution in [0.25, 0.3) is 0 Å². The van der Waals surface area contributed by atoms with Crippen LogP contribution in [0.4, 0.5) is 8.78 Å². The second-order valence-corrected chi connectivity index (χ2v) is 2.41. The maximum Gasteiger partial charge on any atom is 0.260 e. The molecule has 0 aromatic carbocycles. The first-order valence-electron chi connectivity index (χ1n) is 3.23. The lowest BCUT2D eigenvalue weighted by molar-refractivity contribution is -0.124. The number of carbonyl (C=O) groups excluding carboxylic acids is 1. The van der Waals surface area contributed by atoms with Crippen LogP contribution < -0.4 is 5.32 Å². The number of nitrogens with one attached hydrogen (secondary N) is 1. The first-order chi connectivity index (χ1) is 4.58. The van der Waals surface area contributed by atoms with Crippen LogP contribution in [0.5, 0.6) is 0 Å². The van der Waals surface area contributed by atoms with Gasteiger partial charge in [0.25, 0.3) is 5.92 Å². The minimum absolute atomic E-state index is 0.279. The van der Waals surface area contributed by atoms with E-state index in [4.69, 9.17) is 0 Å². The van der Waals surface area contributed by atoms with Crippen LogP contribution in [0.3, 0.4) is 0 Å². The van der Waals surface area contributed by atoms with Crippen LogP contribution in [0.2, 0.25) is 0 Å². The van der Waals surface area contributed by atoms with Gasteiger partial charge < -0.3 is 5.32 Å². The summed E-state index contributed by atoms with van der Waals surface area (Å²) in [6.07, 6.45) is -0.279. The molecule has 1 aliphatic carbocycles. The lowest BCUT2D eigenvalue weighted by Crippen LogP contribution is -2.26. The molecule has 10 heavy (non-hydrogen) atoms. The Balaban J connectivity index is 2.33. The molecule has 1 amide bonds. The van der Waals surface area contributed by atoms with Gasteiger partial charge in [0, 0.05) is 13.0 Å². The first-order valence-corrected chi connectivity index (χ1v) is 3.23. The Morgan fingerprint density at radius 2 is 2.30 bits per heavy atom. The van der Waals surface area contributed by atoms with E-state index in [2.05, 4.69) is 5.32 Å². The van der Waals surface area contributed by atoms with Crippen molar-refractivity contribution in [3.05, 3.63) is 0 Å². The molecule has 1 fully saturated rings. The highest BCUT2D eigenvalue weighted by atomic mass is 19.3. The smallest absolute Gasteiger partial charge is 0.260 e. The van der Waals surface area contributed by atoms with E-state index in [1.54, 1.807) is 6.92 Å². The minimum atomic E-state index is -2.72. The van der Waals surface area contributed by atoms with E-state index in [0.717, 1.165) is 0 Å². The molecule has 0 aromatic rings. The van der Waals surface area contributed by atoms with Crippen LogP contribution in [0, 0.1) is 5.92 Å². The molecule has 4 heteroatoms. The van der Waals surface area contributed by atoms with Gasteiger partial charge in [-0.2, -0.15) is 0 Å². The Morgan fingerprint density at radius 1 is 1.80 bits per heavy atom. The van der Waals surface area contributed by atoms with Crippen molar-refractivity contribution in [1.29, 1.82) is 0 Å². The summed E-state index contributed by atoms with van der Waals surface area (Å²) in [7, 11) is 0. The Morgan fingerprint density at radius 3 is 2.60 bits per heavy atom. The highest BCUT2D eigenvalue weighted by molar-refractivity contribution is 5.82. The number of carbonyl (C=O) groups is 1. The largest absolute Gasteiger partial charge is 0.356 e. The van der Waals surface area contributed by atoms with Gasteiger partial charge in [-0.1, -0.05) is 0 Å². The lowest BCUT2D eigenvalue weighted by atomic mass is 10.4. The number of hydrogen-bond donors (Lipinski definition) is 1. The van der Waals surface area contributed by atoms with Crippen LogP contribution in [-0.2, 0) is 4.79 Å². The van der Waals surface area contributed by atoms with Crippen LogP contribution in [0.15, 0.2) is 0 Å². The van der Waals surface area contributed by atoms with Crippen LogP contribution in [0.1, 0.15) is 13.3 Å². The third-order valence-electron chi connectivity index (χ3n) is 1.49. The van der Waals surface area contributed by atoms with Crippen molar-refractivity contribution >= 4 is 5.91 Å². The van der Waals surface area contributed by atoms with Gasteiger partial charge in [0.1, 0.15) is 5.92 Å². The van der Waals surface area contributed by atoms with E-state index >= 15 is 0 Å². The van der Waals surface area contributed by atoms with Gasteiger partial charge >= 0.3 is 0 Å². The number of alkyl halides is 2. The SMILES string of the molecule is CCNC(=O)[C@@H]1CC1(F)F. The summed E-state index contributed by atoms with van der Waals surface area (Å²) in [6.45, 7) is 2.13. The highest BCUT2D eigenvalue weighted by Gasteiger charge is 2.61. The normalized spacial score (nSPS) is 27.7. The van der Waals surface area contributed by atoms with E-state index in [1.807, 2.05) is 0 Å². The molecule has 0 heterocycles. The number of hydrogen-bond acceptors (Lipinski definition) is 1. The molecule has 1 rings (SSSR count). The Bertz CT molecular complexity index is 158. The summed E-state index contributed by atoms with van der Waals surface area (Å²) in [4.78, 5) is 10.6. The number of amides is 1.